The summed E-state index contributed by atoms with van der Waals surface area (Å²) in [4.78, 5) is 6.54. The highest BCUT2D eigenvalue weighted by Gasteiger charge is 2.07. The third kappa shape index (κ3) is 4.11. The molecule has 0 saturated carbocycles. The van der Waals surface area contributed by atoms with Gasteiger partial charge in [0.2, 0.25) is 0 Å². The quantitative estimate of drug-likeness (QED) is 0.880. The molecule has 0 fully saturated rings. The second-order valence-electron chi connectivity index (χ2n) is 4.80. The highest BCUT2D eigenvalue weighted by molar-refractivity contribution is 5.24. The molecule has 0 aliphatic rings. The molecular weight excluding hydrogens is 253 g/mol. The minimum Gasteiger partial charge on any atom is -0.326 e. The number of hydrogen-bond donors (Lipinski definition) is 1. The van der Waals surface area contributed by atoms with Gasteiger partial charge in [-0.1, -0.05) is 19.1 Å². The second-order valence-corrected chi connectivity index (χ2v) is 4.80. The molecule has 2 aromatic rings. The van der Waals surface area contributed by atoms with Crippen LogP contribution in [0.4, 0.5) is 4.39 Å². The molecule has 0 amide bonds. The summed E-state index contributed by atoms with van der Waals surface area (Å²) in [5.74, 6) is -0.225. The topological polar surface area (TPSA) is 42.1 Å². The van der Waals surface area contributed by atoms with E-state index in [0.717, 1.165) is 29.9 Å². The number of nitrogens with two attached hydrogens (primary N) is 1. The van der Waals surface area contributed by atoms with E-state index >= 15 is 0 Å². The van der Waals surface area contributed by atoms with E-state index in [1.807, 2.05) is 24.3 Å². The zero-order valence-corrected chi connectivity index (χ0v) is 11.7. The molecule has 0 unspecified atom stereocenters. The molecule has 20 heavy (non-hydrogen) atoms. The fourth-order valence-corrected chi connectivity index (χ4v) is 2.18. The summed E-state index contributed by atoms with van der Waals surface area (Å²) < 4.78 is 13.5. The Labute approximate surface area is 119 Å². The number of nitrogens with zero attached hydrogens (tertiary/aromatic N) is 2. The van der Waals surface area contributed by atoms with Gasteiger partial charge in [-0.05, 0) is 41.9 Å². The van der Waals surface area contributed by atoms with Crippen molar-refractivity contribution in [2.24, 2.45) is 5.73 Å². The minimum atomic E-state index is -0.225. The summed E-state index contributed by atoms with van der Waals surface area (Å²) in [6.45, 7) is 4.78. The average Bonchev–Trinajstić information content (AvgIpc) is 2.47. The molecule has 2 rings (SSSR count). The van der Waals surface area contributed by atoms with E-state index in [-0.39, 0.29) is 5.82 Å². The Bertz CT molecular complexity index is 543. The zero-order chi connectivity index (χ0) is 14.4. The van der Waals surface area contributed by atoms with Gasteiger partial charge in [-0.25, -0.2) is 4.39 Å². The predicted octanol–water partition coefficient (Wildman–Crippen LogP) is 2.70. The maximum absolute atomic E-state index is 13.5. The first kappa shape index (κ1) is 14.6. The number of halogens is 1. The molecule has 4 heteroatoms. The third-order valence-electron chi connectivity index (χ3n) is 3.22. The van der Waals surface area contributed by atoms with Crippen molar-refractivity contribution in [1.82, 2.24) is 9.88 Å². The van der Waals surface area contributed by atoms with Gasteiger partial charge in [-0.3, -0.25) is 9.88 Å². The first-order chi connectivity index (χ1) is 9.71. The van der Waals surface area contributed by atoms with E-state index in [4.69, 9.17) is 5.73 Å². The van der Waals surface area contributed by atoms with E-state index in [9.17, 15) is 4.39 Å². The smallest absolute Gasteiger partial charge is 0.123 e. The van der Waals surface area contributed by atoms with Crippen LogP contribution in [0.5, 0.6) is 0 Å². The van der Waals surface area contributed by atoms with Gasteiger partial charge in [-0.2, -0.15) is 0 Å². The molecule has 1 aromatic carbocycles. The maximum atomic E-state index is 13.5. The summed E-state index contributed by atoms with van der Waals surface area (Å²) in [5.41, 5.74) is 8.38. The number of rotatable bonds is 6. The molecule has 2 N–H and O–H groups in total. The van der Waals surface area contributed by atoms with Gasteiger partial charge < -0.3 is 5.73 Å². The van der Waals surface area contributed by atoms with Gasteiger partial charge in [0.1, 0.15) is 5.82 Å². The third-order valence-corrected chi connectivity index (χ3v) is 3.22. The fourth-order valence-electron chi connectivity index (χ4n) is 2.18. The van der Waals surface area contributed by atoms with Crippen molar-refractivity contribution in [1.29, 1.82) is 0 Å². The highest BCUT2D eigenvalue weighted by atomic mass is 19.1. The van der Waals surface area contributed by atoms with E-state index in [0.29, 0.717) is 13.1 Å². The van der Waals surface area contributed by atoms with Crippen molar-refractivity contribution in [2.45, 2.75) is 26.6 Å². The summed E-state index contributed by atoms with van der Waals surface area (Å²) in [6.07, 6.45) is 1.79. The van der Waals surface area contributed by atoms with Crippen LogP contribution in [0.25, 0.3) is 0 Å². The van der Waals surface area contributed by atoms with Gasteiger partial charge in [-0.15, -0.1) is 0 Å². The van der Waals surface area contributed by atoms with Crippen LogP contribution in [0.15, 0.2) is 42.6 Å². The van der Waals surface area contributed by atoms with Crippen LogP contribution >= 0.6 is 0 Å². The van der Waals surface area contributed by atoms with Gasteiger partial charge in [0.15, 0.2) is 0 Å². The average molecular weight is 273 g/mol. The van der Waals surface area contributed by atoms with Crippen molar-refractivity contribution >= 4 is 0 Å². The fraction of sp³-hybridized carbons (Fsp3) is 0.312. The second kappa shape index (κ2) is 7.12. The van der Waals surface area contributed by atoms with E-state index < -0.39 is 0 Å². The van der Waals surface area contributed by atoms with Crippen LogP contribution in [-0.2, 0) is 19.6 Å². The monoisotopic (exact) mass is 273 g/mol. The Hall–Kier alpha value is -1.78. The molecule has 0 aliphatic carbocycles. The van der Waals surface area contributed by atoms with Crippen LogP contribution in [0.2, 0.25) is 0 Å². The highest BCUT2D eigenvalue weighted by Crippen LogP contribution is 2.13. The Kier molecular flexibility index (Phi) is 5.21. The lowest BCUT2D eigenvalue weighted by molar-refractivity contribution is 0.267. The summed E-state index contributed by atoms with van der Waals surface area (Å²) in [5, 5.41) is 0. The number of pyridine rings is 1. The Morgan fingerprint density at radius 3 is 2.60 bits per heavy atom. The standard InChI is InChI=1S/C16H20FN3/c1-2-20(12-16-5-3-4-6-19-16)11-14-7-13(10-18)8-15(17)9-14/h3-9H,2,10-12,18H2,1H3. The Morgan fingerprint density at radius 2 is 1.95 bits per heavy atom. The number of hydrogen-bond acceptors (Lipinski definition) is 3. The molecular formula is C16H20FN3. The van der Waals surface area contributed by atoms with Crippen molar-refractivity contribution in [3.8, 4) is 0 Å². The summed E-state index contributed by atoms with van der Waals surface area (Å²) in [7, 11) is 0. The van der Waals surface area contributed by atoms with Crippen LogP contribution in [0.3, 0.4) is 0 Å². The first-order valence-electron chi connectivity index (χ1n) is 6.82. The van der Waals surface area contributed by atoms with Gasteiger partial charge in [0.25, 0.3) is 0 Å². The number of aromatic nitrogens is 1. The van der Waals surface area contributed by atoms with Gasteiger partial charge in [0.05, 0.1) is 5.69 Å². The molecule has 3 nitrogen and oxygen atoms in total. The molecule has 106 valence electrons. The van der Waals surface area contributed by atoms with Gasteiger partial charge >= 0.3 is 0 Å². The summed E-state index contributed by atoms with van der Waals surface area (Å²) in [6, 6.07) is 10.9. The molecule has 0 spiro atoms. The molecule has 0 saturated heterocycles. The lowest BCUT2D eigenvalue weighted by Gasteiger charge is -2.20. The molecule has 1 aromatic heterocycles. The van der Waals surface area contributed by atoms with Crippen molar-refractivity contribution in [2.75, 3.05) is 6.54 Å². The van der Waals surface area contributed by atoms with Crippen molar-refractivity contribution in [3.05, 3.63) is 65.2 Å². The van der Waals surface area contributed by atoms with Crippen LogP contribution in [0.1, 0.15) is 23.7 Å². The normalized spacial score (nSPS) is 11.0. The minimum absolute atomic E-state index is 0.225. The van der Waals surface area contributed by atoms with Crippen LogP contribution < -0.4 is 5.73 Å². The Balaban J connectivity index is 2.08. The zero-order valence-electron chi connectivity index (χ0n) is 11.7. The molecule has 0 atom stereocenters. The lowest BCUT2D eigenvalue weighted by Crippen LogP contribution is -2.23. The maximum Gasteiger partial charge on any atom is 0.123 e. The summed E-state index contributed by atoms with van der Waals surface area (Å²) >= 11 is 0. The molecule has 0 radical (unpaired) electrons. The van der Waals surface area contributed by atoms with Gasteiger partial charge in [0, 0.05) is 25.8 Å². The largest absolute Gasteiger partial charge is 0.326 e. The Morgan fingerprint density at radius 1 is 1.15 bits per heavy atom. The van der Waals surface area contributed by atoms with Crippen molar-refractivity contribution < 1.29 is 4.39 Å². The van der Waals surface area contributed by atoms with Crippen LogP contribution in [0, 0.1) is 5.82 Å². The number of benzene rings is 1. The lowest BCUT2D eigenvalue weighted by atomic mass is 10.1. The molecule has 0 aliphatic heterocycles. The SMILES string of the molecule is CCN(Cc1cc(F)cc(CN)c1)Cc1ccccn1. The predicted molar refractivity (Wildman–Crippen MR) is 78.3 cm³/mol. The molecule has 1 heterocycles. The van der Waals surface area contributed by atoms with E-state index in [1.54, 1.807) is 12.3 Å². The van der Waals surface area contributed by atoms with E-state index in [1.165, 1.54) is 6.07 Å². The van der Waals surface area contributed by atoms with Crippen molar-refractivity contribution in [3.63, 3.8) is 0 Å². The van der Waals surface area contributed by atoms with Crippen LogP contribution in [-0.4, -0.2) is 16.4 Å². The molecule has 0 bridgehead atoms. The van der Waals surface area contributed by atoms with E-state index in [2.05, 4.69) is 16.8 Å². The first-order valence-corrected chi connectivity index (χ1v) is 6.82.